The molecule has 3 aromatic rings. The van der Waals surface area contributed by atoms with Crippen molar-refractivity contribution in [3.05, 3.63) is 58.0 Å². The molecular formula is C26H28F3N5O3. The van der Waals surface area contributed by atoms with Crippen LogP contribution in [-0.2, 0) is 13.6 Å². The third-order valence-corrected chi connectivity index (χ3v) is 6.78. The van der Waals surface area contributed by atoms with Gasteiger partial charge in [-0.1, -0.05) is 13.0 Å². The highest BCUT2D eigenvalue weighted by Crippen LogP contribution is 2.33. The van der Waals surface area contributed by atoms with Crippen molar-refractivity contribution in [3.63, 3.8) is 0 Å². The number of nitrogens with zero attached hydrogens (tertiary/aromatic N) is 5. The van der Waals surface area contributed by atoms with Gasteiger partial charge in [0.1, 0.15) is 28.8 Å². The van der Waals surface area contributed by atoms with Gasteiger partial charge in [0.05, 0.1) is 18.3 Å². The first-order chi connectivity index (χ1) is 17.5. The maximum Gasteiger partial charge on any atom is 0.573 e. The number of hydrogen-bond donors (Lipinski definition) is 0. The van der Waals surface area contributed by atoms with Crippen molar-refractivity contribution in [2.75, 3.05) is 25.1 Å². The average Bonchev–Trinajstić information content (AvgIpc) is 2.86. The summed E-state index contributed by atoms with van der Waals surface area (Å²) in [5, 5.41) is 9.37. The number of fused-ring (bicyclic) bond motifs is 1. The molecule has 0 N–H and O–H groups in total. The van der Waals surface area contributed by atoms with E-state index in [-0.39, 0.29) is 29.1 Å². The van der Waals surface area contributed by atoms with Gasteiger partial charge in [-0.25, -0.2) is 4.98 Å². The largest absolute Gasteiger partial charge is 0.573 e. The molecule has 0 amide bonds. The molecule has 2 atom stereocenters. The van der Waals surface area contributed by atoms with E-state index in [2.05, 4.69) is 32.5 Å². The van der Waals surface area contributed by atoms with E-state index in [1.807, 2.05) is 6.92 Å². The van der Waals surface area contributed by atoms with Gasteiger partial charge in [-0.05, 0) is 31.5 Å². The summed E-state index contributed by atoms with van der Waals surface area (Å²) >= 11 is 0. The van der Waals surface area contributed by atoms with Gasteiger partial charge >= 0.3 is 6.36 Å². The Morgan fingerprint density at radius 1 is 1.19 bits per heavy atom. The number of methoxy groups -OCH3 is 1. The average molecular weight is 516 g/mol. The van der Waals surface area contributed by atoms with Crippen molar-refractivity contribution in [2.24, 2.45) is 7.05 Å². The van der Waals surface area contributed by atoms with Crippen LogP contribution in [0.3, 0.4) is 0 Å². The molecule has 2 aromatic heterocycles. The number of rotatable bonds is 6. The number of alkyl halides is 3. The molecule has 1 aromatic carbocycles. The van der Waals surface area contributed by atoms with E-state index in [0.29, 0.717) is 42.1 Å². The first-order valence-electron chi connectivity index (χ1n) is 11.9. The Bertz CT molecular complexity index is 1400. The van der Waals surface area contributed by atoms with Gasteiger partial charge < -0.3 is 18.9 Å². The summed E-state index contributed by atoms with van der Waals surface area (Å²) in [5.41, 5.74) is 2.79. The van der Waals surface area contributed by atoms with Crippen LogP contribution in [0.2, 0.25) is 0 Å². The highest BCUT2D eigenvalue weighted by Gasteiger charge is 2.34. The first kappa shape index (κ1) is 26.3. The number of aryl methyl sites for hydroxylation is 1. The molecule has 1 aliphatic rings. The normalized spacial score (nSPS) is 18.6. The molecular weight excluding hydrogens is 487 g/mol. The van der Waals surface area contributed by atoms with Crippen LogP contribution in [0.1, 0.15) is 31.5 Å². The molecule has 0 unspecified atom stereocenters. The third kappa shape index (κ3) is 5.49. The van der Waals surface area contributed by atoms with Crippen molar-refractivity contribution in [1.82, 2.24) is 14.5 Å². The number of piperazine rings is 1. The lowest BCUT2D eigenvalue weighted by atomic mass is 10.0. The number of nitriles is 1. The van der Waals surface area contributed by atoms with Crippen LogP contribution in [-0.4, -0.2) is 53.1 Å². The Morgan fingerprint density at radius 2 is 1.95 bits per heavy atom. The molecule has 11 heteroatoms. The monoisotopic (exact) mass is 515 g/mol. The lowest BCUT2D eigenvalue weighted by molar-refractivity contribution is -0.274. The van der Waals surface area contributed by atoms with Gasteiger partial charge in [-0.3, -0.25) is 9.69 Å². The summed E-state index contributed by atoms with van der Waals surface area (Å²) in [7, 11) is 3.09. The zero-order valence-corrected chi connectivity index (χ0v) is 21.0. The second-order valence-corrected chi connectivity index (χ2v) is 9.12. The number of benzene rings is 1. The highest BCUT2D eigenvalue weighted by atomic mass is 19.4. The quantitative estimate of drug-likeness (QED) is 0.487. The Hall–Kier alpha value is -3.78. The number of aromatic nitrogens is 2. The van der Waals surface area contributed by atoms with E-state index in [1.165, 1.54) is 23.8 Å². The maximum atomic E-state index is 12.7. The van der Waals surface area contributed by atoms with Crippen LogP contribution in [0, 0.1) is 11.3 Å². The SMILES string of the molecule is CC[C@@H]1CN(c2cc(=O)n(C)c3ccc(C#N)nc23)[C@@H](C)CN1Cc1ccc(OC(F)(F)F)cc1OC. The molecule has 8 nitrogen and oxygen atoms in total. The third-order valence-electron chi connectivity index (χ3n) is 6.78. The summed E-state index contributed by atoms with van der Waals surface area (Å²) < 4.78 is 48.8. The molecule has 1 aliphatic heterocycles. The fourth-order valence-electron chi connectivity index (χ4n) is 4.89. The molecule has 0 aliphatic carbocycles. The van der Waals surface area contributed by atoms with Gasteiger partial charge in [-0.2, -0.15) is 5.26 Å². The molecule has 0 radical (unpaired) electrons. The summed E-state index contributed by atoms with van der Waals surface area (Å²) in [4.78, 5) is 21.7. The Kier molecular flexibility index (Phi) is 7.32. The lowest BCUT2D eigenvalue weighted by Gasteiger charge is -2.46. The first-order valence-corrected chi connectivity index (χ1v) is 11.9. The van der Waals surface area contributed by atoms with Crippen LogP contribution in [0.4, 0.5) is 18.9 Å². The second kappa shape index (κ2) is 10.3. The van der Waals surface area contributed by atoms with Crippen LogP contribution in [0.25, 0.3) is 11.0 Å². The molecule has 37 heavy (non-hydrogen) atoms. The number of hydrogen-bond acceptors (Lipinski definition) is 7. The fourth-order valence-corrected chi connectivity index (χ4v) is 4.89. The van der Waals surface area contributed by atoms with Gasteiger partial charge in [0.25, 0.3) is 5.56 Å². The Balaban J connectivity index is 1.63. The van der Waals surface area contributed by atoms with E-state index >= 15 is 0 Å². The summed E-state index contributed by atoms with van der Waals surface area (Å²) in [6.45, 7) is 5.83. The fraction of sp³-hybridized carbons (Fsp3) is 0.423. The molecule has 0 spiro atoms. The summed E-state index contributed by atoms with van der Waals surface area (Å²) in [6.07, 6.45) is -3.97. The number of ether oxygens (including phenoxy) is 2. The summed E-state index contributed by atoms with van der Waals surface area (Å²) in [6, 6.07) is 11.2. The van der Waals surface area contributed by atoms with E-state index in [4.69, 9.17) is 4.74 Å². The van der Waals surface area contributed by atoms with Crippen molar-refractivity contribution in [1.29, 1.82) is 5.26 Å². The Morgan fingerprint density at radius 3 is 2.59 bits per heavy atom. The molecule has 1 fully saturated rings. The molecule has 0 bridgehead atoms. The van der Waals surface area contributed by atoms with Crippen molar-refractivity contribution < 1.29 is 22.6 Å². The van der Waals surface area contributed by atoms with Crippen LogP contribution < -0.4 is 19.9 Å². The molecule has 1 saturated heterocycles. The van der Waals surface area contributed by atoms with Crippen LogP contribution in [0.5, 0.6) is 11.5 Å². The lowest BCUT2D eigenvalue weighted by Crippen LogP contribution is -2.57. The van der Waals surface area contributed by atoms with Crippen molar-refractivity contribution in [2.45, 2.75) is 45.3 Å². The van der Waals surface area contributed by atoms with E-state index in [0.717, 1.165) is 12.0 Å². The van der Waals surface area contributed by atoms with Gasteiger partial charge in [0, 0.05) is 56.5 Å². The highest BCUT2D eigenvalue weighted by molar-refractivity contribution is 5.89. The predicted octanol–water partition coefficient (Wildman–Crippen LogP) is 4.20. The van der Waals surface area contributed by atoms with Crippen molar-refractivity contribution >= 4 is 16.7 Å². The smallest absolute Gasteiger partial charge is 0.496 e. The standard InChI is InChI=1S/C26H28F3N5O3/c1-5-19-15-34(22-11-24(35)32(3)21-9-7-18(12-30)31-25(21)22)16(2)13-33(19)14-17-6-8-20(10-23(17)36-4)37-26(27,28)29/h6-11,16,19H,5,13-15H2,1-4H3/t16-,19+/m0/s1. The number of pyridine rings is 2. The zero-order valence-electron chi connectivity index (χ0n) is 21.0. The minimum atomic E-state index is -4.78. The molecule has 0 saturated carbocycles. The van der Waals surface area contributed by atoms with Gasteiger partial charge in [0.15, 0.2) is 0 Å². The maximum absolute atomic E-state index is 12.7. The molecule has 196 valence electrons. The molecule has 3 heterocycles. The zero-order chi connectivity index (χ0) is 26.9. The van der Waals surface area contributed by atoms with Crippen LogP contribution in [0.15, 0.2) is 41.2 Å². The number of halogens is 3. The minimum Gasteiger partial charge on any atom is -0.496 e. The minimum absolute atomic E-state index is 0.00974. The van der Waals surface area contributed by atoms with E-state index < -0.39 is 6.36 Å². The second-order valence-electron chi connectivity index (χ2n) is 9.12. The molecule has 4 rings (SSSR count). The topological polar surface area (TPSA) is 83.6 Å². The van der Waals surface area contributed by atoms with E-state index in [9.17, 15) is 23.2 Å². The van der Waals surface area contributed by atoms with Gasteiger partial charge in [-0.15, -0.1) is 13.2 Å². The van der Waals surface area contributed by atoms with Gasteiger partial charge in [0.2, 0.25) is 0 Å². The predicted molar refractivity (Wildman–Crippen MR) is 133 cm³/mol. The van der Waals surface area contributed by atoms with E-state index in [1.54, 1.807) is 31.3 Å². The summed E-state index contributed by atoms with van der Waals surface area (Å²) in [5.74, 6) is -0.0161. The van der Waals surface area contributed by atoms with Crippen molar-refractivity contribution in [3.8, 4) is 17.6 Å². The van der Waals surface area contributed by atoms with Crippen LogP contribution >= 0.6 is 0 Å². The number of anilines is 1. The Labute approximate surface area is 212 Å².